The Labute approximate surface area is 166 Å². The third-order valence-corrected chi connectivity index (χ3v) is 5.92. The average Bonchev–Trinajstić information content (AvgIpc) is 3.30. The molecule has 1 aliphatic rings. The van der Waals surface area contributed by atoms with Crippen LogP contribution in [0.25, 0.3) is 0 Å². The lowest BCUT2D eigenvalue weighted by atomic mass is 10.1. The first-order valence-corrected chi connectivity index (χ1v) is 10.2. The molecule has 0 spiro atoms. The molecule has 0 bridgehead atoms. The van der Waals surface area contributed by atoms with E-state index in [-0.39, 0.29) is 5.82 Å². The van der Waals surface area contributed by atoms with Crippen LogP contribution in [-0.2, 0) is 6.42 Å². The summed E-state index contributed by atoms with van der Waals surface area (Å²) in [7, 11) is 0. The normalized spacial score (nSPS) is 14.9. The van der Waals surface area contributed by atoms with Crippen molar-refractivity contribution >= 4 is 34.8 Å². The molecule has 3 heterocycles. The van der Waals surface area contributed by atoms with Gasteiger partial charge in [0.2, 0.25) is 4.77 Å². The minimum atomic E-state index is -0.252. The summed E-state index contributed by atoms with van der Waals surface area (Å²) in [6.07, 6.45) is 6.19. The number of thiophene rings is 1. The summed E-state index contributed by atoms with van der Waals surface area (Å²) in [5, 5.41) is 12.9. The molecule has 8 heteroatoms. The van der Waals surface area contributed by atoms with Crippen LogP contribution in [0.4, 0.5) is 9.39 Å². The van der Waals surface area contributed by atoms with Gasteiger partial charge in [-0.3, -0.25) is 5.10 Å². The molecule has 4 rings (SSSR count). The van der Waals surface area contributed by atoms with Gasteiger partial charge in [-0.15, -0.1) is 11.3 Å². The lowest BCUT2D eigenvalue weighted by molar-refractivity contribution is 0.580. The fourth-order valence-corrected chi connectivity index (χ4v) is 4.28. The topological polar surface area (TPSA) is 49.2 Å². The number of nitrogens with zero attached hydrogens (tertiary/aromatic N) is 4. The zero-order chi connectivity index (χ0) is 18.6. The van der Waals surface area contributed by atoms with Crippen LogP contribution >= 0.6 is 23.6 Å². The second-order valence-corrected chi connectivity index (χ2v) is 8.01. The van der Waals surface area contributed by atoms with Gasteiger partial charge in [0, 0.05) is 24.4 Å². The highest BCUT2D eigenvalue weighted by Gasteiger charge is 2.12. The number of halogens is 1. The predicted molar refractivity (Wildman–Crippen MR) is 110 cm³/mol. The van der Waals surface area contributed by atoms with Gasteiger partial charge in [-0.1, -0.05) is 12.1 Å². The van der Waals surface area contributed by atoms with Crippen LogP contribution in [0.15, 0.2) is 41.5 Å². The van der Waals surface area contributed by atoms with Crippen molar-refractivity contribution in [2.45, 2.75) is 25.7 Å². The largest absolute Gasteiger partial charge is 0.363 e. The van der Waals surface area contributed by atoms with Crippen LogP contribution in [0.5, 0.6) is 0 Å². The number of aromatic nitrogens is 3. The monoisotopic (exact) mass is 401 g/mol. The first-order chi connectivity index (χ1) is 13.2. The highest BCUT2D eigenvalue weighted by Crippen LogP contribution is 2.27. The smallest absolute Gasteiger partial charge is 0.216 e. The summed E-state index contributed by atoms with van der Waals surface area (Å²) in [4.78, 5) is 3.51. The maximum Gasteiger partial charge on any atom is 0.216 e. The molecular weight excluding hydrogens is 381 g/mol. The summed E-state index contributed by atoms with van der Waals surface area (Å²) in [5.41, 5.74) is 0.949. The van der Waals surface area contributed by atoms with E-state index in [2.05, 4.69) is 32.3 Å². The second kappa shape index (κ2) is 8.14. The molecule has 2 aromatic heterocycles. The van der Waals surface area contributed by atoms with E-state index < -0.39 is 0 Å². The van der Waals surface area contributed by atoms with E-state index in [0.29, 0.717) is 17.0 Å². The molecule has 0 radical (unpaired) electrons. The number of hydrogen-bond donors (Lipinski definition) is 1. The third kappa shape index (κ3) is 4.33. The van der Waals surface area contributed by atoms with Gasteiger partial charge in [0.25, 0.3) is 0 Å². The average molecular weight is 402 g/mol. The Hall–Kier alpha value is -2.32. The molecule has 1 aromatic carbocycles. The number of hydrogen-bond acceptors (Lipinski definition) is 5. The molecule has 1 fully saturated rings. The van der Waals surface area contributed by atoms with Crippen LogP contribution in [-0.4, -0.2) is 34.2 Å². The van der Waals surface area contributed by atoms with Crippen LogP contribution in [0.1, 0.15) is 35.5 Å². The summed E-state index contributed by atoms with van der Waals surface area (Å²) >= 11 is 7.03. The number of nitrogens with one attached hydrogen (secondary N) is 1. The highest BCUT2D eigenvalue weighted by molar-refractivity contribution is 7.71. The third-order valence-electron chi connectivity index (χ3n) is 4.57. The van der Waals surface area contributed by atoms with E-state index in [0.717, 1.165) is 23.5 Å². The number of anilines is 1. The SMILES string of the molecule is Fc1ccc(Cc2n[nH]c(=S)n2/N=C\c2ccc(N3CCCCC3)s2)cc1. The zero-order valence-corrected chi connectivity index (χ0v) is 16.4. The number of H-pyrrole nitrogens is 1. The van der Waals surface area contributed by atoms with E-state index >= 15 is 0 Å². The van der Waals surface area contributed by atoms with Crippen LogP contribution in [0.2, 0.25) is 0 Å². The van der Waals surface area contributed by atoms with Crippen LogP contribution < -0.4 is 4.90 Å². The van der Waals surface area contributed by atoms with Crippen LogP contribution in [0.3, 0.4) is 0 Å². The number of piperidine rings is 1. The van der Waals surface area contributed by atoms with E-state index in [1.807, 2.05) is 6.21 Å². The van der Waals surface area contributed by atoms with Crippen molar-refractivity contribution in [1.82, 2.24) is 14.9 Å². The Bertz CT molecular complexity index is 980. The summed E-state index contributed by atoms with van der Waals surface area (Å²) in [6, 6.07) is 10.6. The first-order valence-electron chi connectivity index (χ1n) is 8.99. The molecule has 0 unspecified atom stereocenters. The minimum absolute atomic E-state index is 0.252. The van der Waals surface area contributed by atoms with Crippen molar-refractivity contribution in [2.75, 3.05) is 18.0 Å². The number of benzene rings is 1. The van der Waals surface area contributed by atoms with Gasteiger partial charge in [-0.25, -0.2) is 4.39 Å². The van der Waals surface area contributed by atoms with E-state index in [9.17, 15) is 4.39 Å². The fraction of sp³-hybridized carbons (Fsp3) is 0.316. The molecular formula is C19H20FN5S2. The summed E-state index contributed by atoms with van der Waals surface area (Å²) in [6.45, 7) is 2.26. The van der Waals surface area contributed by atoms with Crippen molar-refractivity contribution in [3.8, 4) is 0 Å². The molecule has 0 atom stereocenters. The Kier molecular flexibility index (Phi) is 5.45. The van der Waals surface area contributed by atoms with Gasteiger partial charge in [0.15, 0.2) is 5.82 Å². The highest BCUT2D eigenvalue weighted by atomic mass is 32.1. The Morgan fingerprint density at radius 3 is 2.70 bits per heavy atom. The zero-order valence-electron chi connectivity index (χ0n) is 14.8. The molecule has 1 aliphatic heterocycles. The number of aromatic amines is 1. The maximum absolute atomic E-state index is 13.1. The molecule has 0 aliphatic carbocycles. The molecule has 140 valence electrons. The van der Waals surface area contributed by atoms with Crippen molar-refractivity contribution in [2.24, 2.45) is 5.10 Å². The van der Waals surface area contributed by atoms with Gasteiger partial charge in [-0.2, -0.15) is 14.9 Å². The lowest BCUT2D eigenvalue weighted by Crippen LogP contribution is -2.28. The van der Waals surface area contributed by atoms with E-state index in [4.69, 9.17) is 12.2 Å². The van der Waals surface area contributed by atoms with Gasteiger partial charge in [0.1, 0.15) is 5.82 Å². The van der Waals surface area contributed by atoms with Gasteiger partial charge in [0.05, 0.1) is 11.2 Å². The molecule has 1 N–H and O–H groups in total. The van der Waals surface area contributed by atoms with E-state index in [1.165, 1.54) is 36.4 Å². The standard InChI is InChI=1S/C19H20FN5S2/c20-15-6-4-14(5-7-15)12-17-22-23-19(26)25(17)21-13-16-8-9-18(27-16)24-10-2-1-3-11-24/h4-9,13H,1-3,10-12H2,(H,23,26)/b21-13-. The molecule has 0 saturated carbocycles. The first kappa shape index (κ1) is 18.1. The second-order valence-electron chi connectivity index (χ2n) is 6.53. The minimum Gasteiger partial charge on any atom is -0.363 e. The van der Waals surface area contributed by atoms with Gasteiger partial charge >= 0.3 is 0 Å². The van der Waals surface area contributed by atoms with Gasteiger partial charge < -0.3 is 4.90 Å². The summed E-state index contributed by atoms with van der Waals surface area (Å²) in [5.74, 6) is 0.438. The van der Waals surface area contributed by atoms with E-state index in [1.54, 1.807) is 28.1 Å². The molecule has 3 aromatic rings. The van der Waals surface area contributed by atoms with Crippen molar-refractivity contribution in [3.63, 3.8) is 0 Å². The predicted octanol–water partition coefficient (Wildman–Crippen LogP) is 4.60. The van der Waals surface area contributed by atoms with Crippen molar-refractivity contribution in [1.29, 1.82) is 0 Å². The Morgan fingerprint density at radius 2 is 1.93 bits per heavy atom. The van der Waals surface area contributed by atoms with Crippen molar-refractivity contribution in [3.05, 3.63) is 63.3 Å². The molecule has 5 nitrogen and oxygen atoms in total. The fourth-order valence-electron chi connectivity index (χ4n) is 3.15. The number of rotatable bonds is 5. The molecule has 0 amide bonds. The Balaban J connectivity index is 1.51. The van der Waals surface area contributed by atoms with Crippen LogP contribution in [0, 0.1) is 10.6 Å². The van der Waals surface area contributed by atoms with Crippen molar-refractivity contribution < 1.29 is 4.39 Å². The Morgan fingerprint density at radius 1 is 1.15 bits per heavy atom. The quantitative estimate of drug-likeness (QED) is 0.502. The van der Waals surface area contributed by atoms with Gasteiger partial charge in [-0.05, 0) is 61.3 Å². The molecule has 1 saturated heterocycles. The molecule has 27 heavy (non-hydrogen) atoms. The maximum atomic E-state index is 13.1. The lowest BCUT2D eigenvalue weighted by Gasteiger charge is -2.27. The summed E-state index contributed by atoms with van der Waals surface area (Å²) < 4.78 is 15.1.